The normalized spacial score (nSPS) is 22.7. The molecule has 1 saturated heterocycles. The maximum atomic E-state index is 11.5. The molecule has 118 valence electrons. The van der Waals surface area contributed by atoms with E-state index in [9.17, 15) is 9.90 Å². The van der Waals surface area contributed by atoms with Crippen molar-refractivity contribution < 1.29 is 14.6 Å². The van der Waals surface area contributed by atoms with Crippen molar-refractivity contribution in [2.75, 3.05) is 26.3 Å². The van der Waals surface area contributed by atoms with Crippen LogP contribution in [0.15, 0.2) is 0 Å². The molecule has 0 aromatic heterocycles. The zero-order chi connectivity index (χ0) is 15.4. The molecular weight excluding hydrogens is 256 g/mol. The van der Waals surface area contributed by atoms with Gasteiger partial charge in [0.1, 0.15) is 5.54 Å². The van der Waals surface area contributed by atoms with E-state index >= 15 is 0 Å². The summed E-state index contributed by atoms with van der Waals surface area (Å²) in [5.41, 5.74) is -0.798. The minimum Gasteiger partial charge on any atom is -0.480 e. The molecule has 0 aliphatic carbocycles. The Morgan fingerprint density at radius 3 is 2.65 bits per heavy atom. The summed E-state index contributed by atoms with van der Waals surface area (Å²) in [6, 6.07) is 0.163. The fourth-order valence-electron chi connectivity index (χ4n) is 2.81. The first-order chi connectivity index (χ1) is 9.17. The highest BCUT2D eigenvalue weighted by molar-refractivity contribution is 5.78. The van der Waals surface area contributed by atoms with Gasteiger partial charge in [-0.25, -0.2) is 0 Å². The van der Waals surface area contributed by atoms with Gasteiger partial charge in [-0.3, -0.25) is 15.0 Å². The van der Waals surface area contributed by atoms with Crippen molar-refractivity contribution in [1.29, 1.82) is 0 Å². The van der Waals surface area contributed by atoms with Crippen molar-refractivity contribution in [1.82, 2.24) is 10.2 Å². The van der Waals surface area contributed by atoms with Gasteiger partial charge >= 0.3 is 5.97 Å². The summed E-state index contributed by atoms with van der Waals surface area (Å²) < 4.78 is 5.50. The minimum absolute atomic E-state index is 0.0450. The number of hydrogen-bond acceptors (Lipinski definition) is 4. The summed E-state index contributed by atoms with van der Waals surface area (Å²) in [7, 11) is 0. The van der Waals surface area contributed by atoms with Gasteiger partial charge in [-0.15, -0.1) is 0 Å². The van der Waals surface area contributed by atoms with Gasteiger partial charge in [0.25, 0.3) is 0 Å². The summed E-state index contributed by atoms with van der Waals surface area (Å²) in [6.45, 7) is 13.4. The van der Waals surface area contributed by atoms with Crippen LogP contribution in [0.4, 0.5) is 0 Å². The number of morpholine rings is 1. The lowest BCUT2D eigenvalue weighted by Gasteiger charge is -2.42. The maximum absolute atomic E-state index is 11.5. The number of aliphatic carboxylic acids is 1. The first-order valence-electron chi connectivity index (χ1n) is 7.51. The van der Waals surface area contributed by atoms with Crippen molar-refractivity contribution in [3.63, 3.8) is 0 Å². The Morgan fingerprint density at radius 2 is 2.15 bits per heavy atom. The molecule has 5 heteroatoms. The average Bonchev–Trinajstić information content (AvgIpc) is 2.30. The smallest absolute Gasteiger partial charge is 0.323 e. The second-order valence-electron chi connectivity index (χ2n) is 6.89. The van der Waals surface area contributed by atoms with Gasteiger partial charge in [-0.2, -0.15) is 0 Å². The third-order valence-corrected chi connectivity index (χ3v) is 4.00. The Kier molecular flexibility index (Phi) is 5.98. The summed E-state index contributed by atoms with van der Waals surface area (Å²) in [5, 5.41) is 12.6. The Labute approximate surface area is 122 Å². The molecular formula is C15H30N2O3. The van der Waals surface area contributed by atoms with Gasteiger partial charge in [0, 0.05) is 18.1 Å². The molecule has 1 heterocycles. The highest BCUT2D eigenvalue weighted by Crippen LogP contribution is 2.21. The standard InChI is InChI=1S/C15H30N2O3/c1-12(2)16-15(5,13(18)19)7-6-8-17-9-10-20-11-14(17,3)4/h12,16H,6-11H2,1-5H3,(H,18,19). The third kappa shape index (κ3) is 4.72. The van der Waals surface area contributed by atoms with Crippen LogP contribution in [0.25, 0.3) is 0 Å². The Bertz CT molecular complexity index is 331. The first-order valence-corrected chi connectivity index (χ1v) is 7.51. The molecule has 0 saturated carbocycles. The monoisotopic (exact) mass is 286 g/mol. The van der Waals surface area contributed by atoms with Crippen molar-refractivity contribution in [2.45, 2.75) is 64.6 Å². The number of hydrogen-bond donors (Lipinski definition) is 2. The van der Waals surface area contributed by atoms with E-state index < -0.39 is 11.5 Å². The van der Waals surface area contributed by atoms with Crippen LogP contribution in [0.2, 0.25) is 0 Å². The van der Waals surface area contributed by atoms with Crippen LogP contribution in [0.1, 0.15) is 47.5 Å². The molecule has 5 nitrogen and oxygen atoms in total. The zero-order valence-corrected chi connectivity index (χ0v) is 13.5. The molecule has 1 fully saturated rings. The molecule has 1 aliphatic rings. The van der Waals surface area contributed by atoms with Gasteiger partial charge in [0.15, 0.2) is 0 Å². The highest BCUT2D eigenvalue weighted by Gasteiger charge is 2.34. The molecule has 2 N–H and O–H groups in total. The summed E-state index contributed by atoms with van der Waals surface area (Å²) in [5.74, 6) is -0.771. The fraction of sp³-hybridized carbons (Fsp3) is 0.933. The molecule has 0 aromatic rings. The predicted molar refractivity (Wildman–Crippen MR) is 80.0 cm³/mol. The molecule has 0 spiro atoms. The Morgan fingerprint density at radius 1 is 1.50 bits per heavy atom. The van der Waals surface area contributed by atoms with E-state index in [-0.39, 0.29) is 11.6 Å². The maximum Gasteiger partial charge on any atom is 0.323 e. The molecule has 1 aliphatic heterocycles. The number of carboxylic acid groups (broad SMARTS) is 1. The molecule has 1 atom stereocenters. The lowest BCUT2D eigenvalue weighted by molar-refractivity contribution is -0.145. The van der Waals surface area contributed by atoms with Crippen molar-refractivity contribution in [3.8, 4) is 0 Å². The predicted octanol–water partition coefficient (Wildman–Crippen LogP) is 1.72. The molecule has 0 radical (unpaired) electrons. The van der Waals surface area contributed by atoms with E-state index in [2.05, 4.69) is 24.1 Å². The van der Waals surface area contributed by atoms with Crippen LogP contribution < -0.4 is 5.32 Å². The lowest BCUT2D eigenvalue weighted by Crippen LogP contribution is -2.55. The number of carbonyl (C=O) groups is 1. The number of nitrogens with one attached hydrogen (secondary N) is 1. The van der Waals surface area contributed by atoms with Gasteiger partial charge in [0.2, 0.25) is 0 Å². The second kappa shape index (κ2) is 6.87. The number of rotatable bonds is 7. The summed E-state index contributed by atoms with van der Waals surface area (Å²) >= 11 is 0. The molecule has 20 heavy (non-hydrogen) atoms. The van der Waals surface area contributed by atoms with E-state index in [1.54, 1.807) is 6.92 Å². The van der Waals surface area contributed by atoms with Gasteiger partial charge in [-0.05, 0) is 54.0 Å². The van der Waals surface area contributed by atoms with Crippen LogP contribution in [0.3, 0.4) is 0 Å². The fourth-order valence-corrected chi connectivity index (χ4v) is 2.81. The summed E-state index contributed by atoms with van der Waals surface area (Å²) in [4.78, 5) is 13.9. The SMILES string of the molecule is CC(C)NC(C)(CCCN1CCOCC1(C)C)C(=O)O. The Hall–Kier alpha value is -0.650. The largest absolute Gasteiger partial charge is 0.480 e. The van der Waals surface area contributed by atoms with Crippen LogP contribution in [-0.2, 0) is 9.53 Å². The quantitative estimate of drug-likeness (QED) is 0.746. The van der Waals surface area contributed by atoms with Crippen molar-refractivity contribution in [3.05, 3.63) is 0 Å². The van der Waals surface area contributed by atoms with Gasteiger partial charge < -0.3 is 9.84 Å². The van der Waals surface area contributed by atoms with E-state index in [0.29, 0.717) is 6.42 Å². The van der Waals surface area contributed by atoms with Crippen molar-refractivity contribution in [2.24, 2.45) is 0 Å². The van der Waals surface area contributed by atoms with E-state index in [0.717, 1.165) is 32.7 Å². The number of nitrogens with zero attached hydrogens (tertiary/aromatic N) is 1. The molecule has 1 rings (SSSR count). The van der Waals surface area contributed by atoms with Crippen LogP contribution in [0.5, 0.6) is 0 Å². The average molecular weight is 286 g/mol. The third-order valence-electron chi connectivity index (χ3n) is 4.00. The van der Waals surface area contributed by atoms with E-state index in [4.69, 9.17) is 4.74 Å². The Balaban J connectivity index is 2.50. The van der Waals surface area contributed by atoms with Gasteiger partial charge in [-0.1, -0.05) is 0 Å². The molecule has 1 unspecified atom stereocenters. The van der Waals surface area contributed by atoms with Gasteiger partial charge in [0.05, 0.1) is 13.2 Å². The molecule has 0 amide bonds. The van der Waals surface area contributed by atoms with E-state index in [1.165, 1.54) is 0 Å². The van der Waals surface area contributed by atoms with Crippen LogP contribution in [-0.4, -0.2) is 59.4 Å². The first kappa shape index (κ1) is 17.4. The number of ether oxygens (including phenoxy) is 1. The van der Waals surface area contributed by atoms with E-state index in [1.807, 2.05) is 13.8 Å². The molecule has 0 aromatic carbocycles. The van der Waals surface area contributed by atoms with Crippen LogP contribution in [0, 0.1) is 0 Å². The van der Waals surface area contributed by atoms with Crippen molar-refractivity contribution >= 4 is 5.97 Å². The highest BCUT2D eigenvalue weighted by atomic mass is 16.5. The summed E-state index contributed by atoms with van der Waals surface area (Å²) in [6.07, 6.45) is 1.50. The molecule has 0 bridgehead atoms. The second-order valence-corrected chi connectivity index (χ2v) is 6.89. The zero-order valence-electron chi connectivity index (χ0n) is 13.5. The van der Waals surface area contributed by atoms with Crippen LogP contribution >= 0.6 is 0 Å². The minimum atomic E-state index is -0.843. The lowest BCUT2D eigenvalue weighted by atomic mass is 9.93. The number of carboxylic acids is 1. The topological polar surface area (TPSA) is 61.8 Å².